The predicted molar refractivity (Wildman–Crippen MR) is 493 cm³/mol. The first-order chi connectivity index (χ1) is 64.4. The molecule has 135 heavy (non-hydrogen) atoms. The number of para-hydroxylation sites is 2. The van der Waals surface area contributed by atoms with Gasteiger partial charge in [-0.3, -0.25) is 86.3 Å². The summed E-state index contributed by atoms with van der Waals surface area (Å²) in [6.07, 6.45) is 0.886. The number of nitrogens with zero attached hydrogens (tertiary/aromatic N) is 6. The highest BCUT2D eigenvalue weighted by Gasteiger charge is 2.47. The maximum absolute atomic E-state index is 15.7. The Bertz CT molecular complexity index is 5050. The van der Waals surface area contributed by atoms with Gasteiger partial charge in [0.1, 0.15) is 90.3 Å². The molecule has 4 saturated heterocycles. The number of benzene rings is 3. The van der Waals surface area contributed by atoms with E-state index in [1.807, 2.05) is 32.8 Å². The lowest BCUT2D eigenvalue weighted by Crippen LogP contribution is -2.62. The third-order valence-corrected chi connectivity index (χ3v) is 25.7. The Morgan fingerprint density at radius 3 is 1.62 bits per heavy atom. The van der Waals surface area contributed by atoms with Gasteiger partial charge < -0.3 is 130 Å². The predicted octanol–water partition coefficient (Wildman–Crippen LogP) is -2.52. The second-order valence-electron chi connectivity index (χ2n) is 34.9. The molecule has 4 aliphatic rings. The normalized spacial score (nSPS) is 25.3. The summed E-state index contributed by atoms with van der Waals surface area (Å²) in [5, 5.41) is 80.3. The lowest BCUT2D eigenvalue weighted by molar-refractivity contribution is -0.149. The number of unbranched alkanes of at least 4 members (excludes halogenated alkanes) is 3. The number of aliphatic hydroxyl groups excluding tert-OH is 2. The van der Waals surface area contributed by atoms with Crippen molar-refractivity contribution >= 4 is 140 Å². The van der Waals surface area contributed by atoms with Crippen molar-refractivity contribution in [2.45, 2.75) is 239 Å². The van der Waals surface area contributed by atoms with Gasteiger partial charge in [0.05, 0.1) is 31.4 Å². The summed E-state index contributed by atoms with van der Waals surface area (Å²) in [5.74, 6) is -19.7. The van der Waals surface area contributed by atoms with Crippen LogP contribution in [0.4, 0.5) is 0 Å². The first kappa shape index (κ1) is 106. The third kappa shape index (κ3) is 29.6. The average molecular weight is 1900 g/mol. The highest BCUT2D eigenvalue weighted by molar-refractivity contribution is 8.00. The largest absolute Gasteiger partial charge is 0.508 e. The van der Waals surface area contributed by atoms with E-state index in [0.29, 0.717) is 96.4 Å². The number of thioether (sulfide) groups is 1. The van der Waals surface area contributed by atoms with Crippen LogP contribution in [-0.4, -0.2) is 348 Å². The Labute approximate surface area is 784 Å². The van der Waals surface area contributed by atoms with Gasteiger partial charge in [-0.05, 0) is 132 Å². The topological polar surface area (TPSA) is 632 Å². The number of carboxylic acids is 2. The number of aliphatic hydroxyl groups is 2. The van der Waals surface area contributed by atoms with E-state index < -0.39 is 261 Å². The number of aromatic nitrogens is 2. The quantitative estimate of drug-likeness (QED) is 0.0241. The second kappa shape index (κ2) is 51.0. The molecule has 4 aliphatic heterocycles. The fourth-order valence-corrected chi connectivity index (χ4v) is 18.1. The number of hydrogen-bond acceptors (Lipinski definition) is 24. The summed E-state index contributed by atoms with van der Waals surface area (Å²) in [6.45, 7) is 0.791. The Hall–Kier alpha value is -12.8. The number of hydrogen-bond donors (Lipinski definition) is 19. The second-order valence-corrected chi connectivity index (χ2v) is 35.9. The van der Waals surface area contributed by atoms with E-state index in [9.17, 15) is 68.7 Å². The number of carbonyl (C=O) groups is 18. The fraction of sp³-hybridized carbons (Fsp3) is 0.560. The molecule has 0 radical (unpaired) electrons. The number of nitrogens with two attached hydrogens (primary N) is 2. The van der Waals surface area contributed by atoms with Crippen molar-refractivity contribution in [2.75, 3.05) is 85.6 Å². The monoisotopic (exact) mass is 1900 g/mol. The van der Waals surface area contributed by atoms with Crippen LogP contribution in [0.2, 0.25) is 0 Å². The van der Waals surface area contributed by atoms with Crippen LogP contribution in [0.15, 0.2) is 85.2 Å². The van der Waals surface area contributed by atoms with Crippen molar-refractivity contribution in [2.24, 2.45) is 11.5 Å². The number of likely N-dealkylation sites (N-methyl/N-ethyl adjacent to an activating group) is 2. The van der Waals surface area contributed by atoms with Crippen LogP contribution in [0.25, 0.3) is 21.8 Å². The molecule has 15 atom stereocenters. The zero-order chi connectivity index (χ0) is 98.4. The van der Waals surface area contributed by atoms with Crippen molar-refractivity contribution in [1.29, 1.82) is 0 Å². The zero-order valence-corrected chi connectivity index (χ0v) is 77.6. The number of aliphatic carboxylic acids is 2. The molecule has 2 aromatic heterocycles. The molecule has 0 saturated carbocycles. The van der Waals surface area contributed by atoms with Gasteiger partial charge in [-0.25, -0.2) is 0 Å². The minimum atomic E-state index is -1.92. The number of phenols is 1. The van der Waals surface area contributed by atoms with E-state index in [0.717, 1.165) is 26.5 Å². The fourth-order valence-electron chi connectivity index (χ4n) is 17.3. The SMILES string of the molecule is CCCC[C@H]1C(=O)N(C)[C@@H](CCCC)C(=O)N[C@@H](CCCCN(C)C)C(=O)N[C@H](C(=O)NCC(N)=O)CSCC(=O)N[C@@H](Cc2ccc(O)cc2)C(=O)N2CCCC[C@H]2C(=O)N[C@@H](CC(=O)O)C(=O)N2CCC[C@H]2C(=O)N[C@@H](CN)C(=O)N[C@@H](CCC(=O)O)C(=O)N2C[C@H](O)C[C@H]2C(=O)N[C@H](Cc2c[nH]c3ccccc23)C(=O)N[C@H](CO)C(=O)N[C@@H](Cc2c[nH]c3ccccc23)C(=O)N1C. The number of carbonyl (C=O) groups excluding carboxylic acids is 16. The lowest BCUT2D eigenvalue weighted by Gasteiger charge is -2.38. The Morgan fingerprint density at radius 2 is 1.02 bits per heavy atom. The van der Waals surface area contributed by atoms with Gasteiger partial charge in [-0.15, -0.1) is 11.8 Å². The molecule has 5 aromatic rings. The van der Waals surface area contributed by atoms with Gasteiger partial charge in [-0.1, -0.05) is 88.1 Å². The minimum absolute atomic E-state index is 0.00281. The van der Waals surface area contributed by atoms with E-state index in [1.54, 1.807) is 60.9 Å². The summed E-state index contributed by atoms with van der Waals surface area (Å²) in [4.78, 5) is 276. The molecule has 736 valence electrons. The molecular weight excluding hydrogens is 1770 g/mol. The van der Waals surface area contributed by atoms with Crippen LogP contribution in [0.1, 0.15) is 146 Å². The number of aromatic hydroxyl groups is 1. The third-order valence-electron chi connectivity index (χ3n) is 24.6. The number of phenolic OH excluding ortho intramolecular Hbond substituents is 1. The highest BCUT2D eigenvalue weighted by atomic mass is 32.2. The van der Waals surface area contributed by atoms with Crippen molar-refractivity contribution in [3.05, 3.63) is 102 Å². The van der Waals surface area contributed by atoms with Crippen LogP contribution in [-0.2, 0) is 106 Å². The maximum atomic E-state index is 15.7. The van der Waals surface area contributed by atoms with E-state index in [1.165, 1.54) is 48.2 Å². The Kier molecular flexibility index (Phi) is 40.0. The van der Waals surface area contributed by atoms with Crippen LogP contribution >= 0.6 is 11.8 Å². The van der Waals surface area contributed by atoms with Crippen LogP contribution in [0.5, 0.6) is 5.75 Å². The molecule has 3 aromatic carbocycles. The van der Waals surface area contributed by atoms with Crippen LogP contribution in [0, 0.1) is 0 Å². The number of nitrogens with one attached hydrogen (secondary N) is 12. The summed E-state index contributed by atoms with van der Waals surface area (Å²) in [6, 6.07) is -3.05. The molecule has 0 unspecified atom stereocenters. The standard InChI is InChI=1S/C91H128N20O23S/c1-7-9-25-69-83(126)98-60(24-15-17-35-106(3)4)79(122)105-68(78(121)96-46-74(93)115)49-135-50-75(116)97-63(38-51-29-31-54(113)32-30-51)89(132)109-36-18-16-27-70(109)84(127)102-65(42-77(119)120)90(133)110-37-19-28-71(110)85(128)103-66(43-92)81(124)99-61(33-34-76(117)118)88(131)111-47-55(114)41-73(111)86(129)100-62(39-52-44-94-58-22-13-11-20-56(52)58)80(123)104-67(48-112)82(125)101-64(40-53-45-95-59-23-14-12-21-57(53)59)87(130)108(6)72(26-10-8-2)91(134)107(69)5/h11-14,20-23,29-32,44-45,55,60-73,94-95,112-114H,7-10,15-19,24-28,33-43,46-50,92H2,1-6H3,(H2,93,115)(H,96,121)(H,97,116)(H,98,126)(H,99,124)(H,100,129)(H,101,125)(H,102,127)(H,103,128)(H,104,123)(H,105,122)(H,117,118)(H,119,120)/t55-,60+,61+,62-,63+,64+,65+,66+,67-,68+,69+,70+,71+,72+,73+/m1/s1. The van der Waals surface area contributed by atoms with Gasteiger partial charge in [0, 0.05) is 112 Å². The number of rotatable bonds is 27. The van der Waals surface area contributed by atoms with E-state index in [4.69, 9.17) is 11.5 Å². The lowest BCUT2D eigenvalue weighted by atomic mass is 9.97. The minimum Gasteiger partial charge on any atom is -0.508 e. The number of carboxylic acid groups (broad SMARTS) is 2. The Morgan fingerprint density at radius 1 is 0.511 bits per heavy atom. The number of H-pyrrole nitrogens is 2. The van der Waals surface area contributed by atoms with Gasteiger partial charge >= 0.3 is 11.9 Å². The van der Waals surface area contributed by atoms with Gasteiger partial charge in [-0.2, -0.15) is 0 Å². The molecule has 6 heterocycles. The zero-order valence-electron chi connectivity index (χ0n) is 76.8. The number of piperidine rings is 1. The van der Waals surface area contributed by atoms with Crippen LogP contribution < -0.4 is 64.6 Å². The molecule has 4 fully saturated rings. The number of fused-ring (bicyclic) bond motifs is 5. The summed E-state index contributed by atoms with van der Waals surface area (Å²) in [7, 11) is 6.38. The molecule has 0 spiro atoms. The summed E-state index contributed by atoms with van der Waals surface area (Å²) < 4.78 is 0. The number of amides is 16. The first-order valence-corrected chi connectivity index (χ1v) is 46.9. The molecule has 0 aliphatic carbocycles. The number of aromatic amines is 2. The first-order valence-electron chi connectivity index (χ1n) is 45.7. The smallest absolute Gasteiger partial charge is 0.305 e. The molecule has 0 bridgehead atoms. The molecule has 9 rings (SSSR count). The maximum Gasteiger partial charge on any atom is 0.305 e. The molecule has 44 heteroatoms. The van der Waals surface area contributed by atoms with Crippen LogP contribution in [0.3, 0.4) is 0 Å². The van der Waals surface area contributed by atoms with Gasteiger partial charge in [0.15, 0.2) is 0 Å². The van der Waals surface area contributed by atoms with Gasteiger partial charge in [0.25, 0.3) is 0 Å². The molecule has 43 nitrogen and oxygen atoms in total. The molecule has 21 N–H and O–H groups in total. The molecule has 16 amide bonds. The van der Waals surface area contributed by atoms with Crippen molar-refractivity contribution in [3.8, 4) is 5.75 Å². The average Bonchev–Trinajstić information content (AvgIpc) is 1.66. The number of primary amides is 1. The van der Waals surface area contributed by atoms with Crippen molar-refractivity contribution in [1.82, 2.24) is 92.5 Å². The van der Waals surface area contributed by atoms with Gasteiger partial charge in [0.2, 0.25) is 94.5 Å². The van der Waals surface area contributed by atoms with Crippen molar-refractivity contribution < 1.29 is 112 Å². The van der Waals surface area contributed by atoms with Crippen molar-refractivity contribution in [3.63, 3.8) is 0 Å². The Balaban J connectivity index is 1.10. The van der Waals surface area contributed by atoms with E-state index in [-0.39, 0.29) is 76.6 Å². The summed E-state index contributed by atoms with van der Waals surface area (Å²) >= 11 is 0.796. The highest BCUT2D eigenvalue weighted by Crippen LogP contribution is 2.29. The van der Waals surface area contributed by atoms with E-state index >= 15 is 43.2 Å². The summed E-state index contributed by atoms with van der Waals surface area (Å²) in [5.41, 5.74) is 14.2. The van der Waals surface area contributed by atoms with E-state index in [2.05, 4.69) is 63.1 Å². The molecular formula is C91H128N20O23S.